The Kier molecular flexibility index (Phi) is 7.97. The second-order valence-electron chi connectivity index (χ2n) is 11.9. The first kappa shape index (κ1) is 28.0. The molecule has 7 nitrogen and oxygen atoms in total. The zero-order valence-corrected chi connectivity index (χ0v) is 24.6. The maximum atomic E-state index is 14.3. The molecule has 6 atom stereocenters. The van der Waals surface area contributed by atoms with Gasteiger partial charge in [-0.05, 0) is 62.6 Å². The molecular formula is C33H39N3O4S. The zero-order chi connectivity index (χ0) is 28.6. The highest BCUT2D eigenvalue weighted by Crippen LogP contribution is 2.56. The summed E-state index contributed by atoms with van der Waals surface area (Å²) in [5.41, 5.74) is 0.729. The molecule has 0 radical (unpaired) electrons. The van der Waals surface area contributed by atoms with Gasteiger partial charge in [0, 0.05) is 22.7 Å². The number of rotatable bonds is 9. The highest BCUT2D eigenvalue weighted by molar-refractivity contribution is 7.98. The minimum Gasteiger partial charge on any atom is -0.359 e. The molecular weight excluding hydrogens is 534 g/mol. The van der Waals surface area contributed by atoms with E-state index in [-0.39, 0.29) is 29.8 Å². The van der Waals surface area contributed by atoms with Crippen molar-refractivity contribution >= 4 is 35.2 Å². The van der Waals surface area contributed by atoms with E-state index in [0.717, 1.165) is 37.0 Å². The lowest BCUT2D eigenvalue weighted by Gasteiger charge is -2.36. The smallest absolute Gasteiger partial charge is 0.246 e. The van der Waals surface area contributed by atoms with Gasteiger partial charge in [-0.1, -0.05) is 67.8 Å². The van der Waals surface area contributed by atoms with Gasteiger partial charge in [0.2, 0.25) is 17.7 Å². The zero-order valence-electron chi connectivity index (χ0n) is 23.8. The number of nitrogens with one attached hydrogen (secondary N) is 2. The number of likely N-dealkylation sites (tertiary alicyclic amines) is 1. The predicted octanol–water partition coefficient (Wildman–Crippen LogP) is 4.97. The summed E-state index contributed by atoms with van der Waals surface area (Å²) in [5.74, 6) is -2.04. The van der Waals surface area contributed by atoms with Crippen LogP contribution in [0.3, 0.4) is 0 Å². The van der Waals surface area contributed by atoms with Gasteiger partial charge in [-0.15, -0.1) is 11.8 Å². The number of hydrogen-bond donors (Lipinski definition) is 2. The van der Waals surface area contributed by atoms with Crippen molar-refractivity contribution in [2.45, 2.75) is 86.6 Å². The second kappa shape index (κ2) is 11.6. The van der Waals surface area contributed by atoms with Crippen molar-refractivity contribution in [1.29, 1.82) is 0 Å². The van der Waals surface area contributed by atoms with Gasteiger partial charge in [-0.25, -0.2) is 0 Å². The number of carbonyl (C=O) groups is 3. The highest BCUT2D eigenvalue weighted by atomic mass is 32.2. The molecule has 41 heavy (non-hydrogen) atoms. The van der Waals surface area contributed by atoms with E-state index in [1.165, 1.54) is 12.0 Å². The maximum Gasteiger partial charge on any atom is 0.246 e. The van der Waals surface area contributed by atoms with Crippen LogP contribution in [0.1, 0.15) is 51.0 Å². The van der Waals surface area contributed by atoms with Gasteiger partial charge in [0.15, 0.2) is 0 Å². The Morgan fingerprint density at radius 3 is 2.61 bits per heavy atom. The van der Waals surface area contributed by atoms with Gasteiger partial charge in [0.1, 0.15) is 11.6 Å². The fraction of sp³-hybridized carbons (Fsp3) is 0.485. The molecule has 2 N–H and O–H groups in total. The average Bonchev–Trinajstić information content (AvgIpc) is 3.64. The Balaban J connectivity index is 1.29. The molecule has 8 heteroatoms. The molecule has 3 heterocycles. The normalized spacial score (nSPS) is 29.4. The molecule has 2 bridgehead atoms. The summed E-state index contributed by atoms with van der Waals surface area (Å²) in [6.07, 6.45) is 12.0. The van der Waals surface area contributed by atoms with Gasteiger partial charge in [-0.2, -0.15) is 0 Å². The Morgan fingerprint density at radius 2 is 1.85 bits per heavy atom. The monoisotopic (exact) mass is 573 g/mol. The van der Waals surface area contributed by atoms with Crippen LogP contribution in [0, 0.1) is 11.8 Å². The van der Waals surface area contributed by atoms with Crippen LogP contribution in [0.5, 0.6) is 0 Å². The molecule has 2 aromatic carbocycles. The predicted molar refractivity (Wildman–Crippen MR) is 160 cm³/mol. The van der Waals surface area contributed by atoms with E-state index >= 15 is 0 Å². The van der Waals surface area contributed by atoms with Crippen LogP contribution >= 0.6 is 11.8 Å². The van der Waals surface area contributed by atoms with Crippen molar-refractivity contribution in [2.24, 2.45) is 11.8 Å². The Labute approximate surface area is 246 Å². The van der Waals surface area contributed by atoms with Crippen LogP contribution in [0.25, 0.3) is 0 Å². The molecule has 3 aliphatic heterocycles. The van der Waals surface area contributed by atoms with Crippen molar-refractivity contribution in [3.63, 3.8) is 0 Å². The summed E-state index contributed by atoms with van der Waals surface area (Å²) in [6, 6.07) is 16.9. The topological polar surface area (TPSA) is 87.7 Å². The summed E-state index contributed by atoms with van der Waals surface area (Å²) >= 11 is 1.60. The Morgan fingerprint density at radius 1 is 1.07 bits per heavy atom. The Bertz CT molecular complexity index is 1330. The Hall–Kier alpha value is -3.10. The maximum absolute atomic E-state index is 14.3. The average molecular weight is 574 g/mol. The summed E-state index contributed by atoms with van der Waals surface area (Å²) in [6.45, 7) is 2.01. The van der Waals surface area contributed by atoms with Crippen LogP contribution in [0.4, 0.5) is 5.69 Å². The molecule has 3 fully saturated rings. The number of aryl methyl sites for hydroxylation is 1. The minimum atomic E-state index is -1.15. The molecule has 1 aliphatic carbocycles. The molecule has 3 amide bonds. The van der Waals surface area contributed by atoms with Crippen molar-refractivity contribution in [2.75, 3.05) is 11.6 Å². The molecule has 2 saturated heterocycles. The van der Waals surface area contributed by atoms with E-state index in [4.69, 9.17) is 4.74 Å². The largest absolute Gasteiger partial charge is 0.359 e. The van der Waals surface area contributed by atoms with Crippen LogP contribution in [0.15, 0.2) is 71.6 Å². The summed E-state index contributed by atoms with van der Waals surface area (Å²) in [5, 5.41) is 6.31. The molecule has 2 aromatic rings. The number of nitrogens with zero attached hydrogens (tertiary/aromatic N) is 1. The van der Waals surface area contributed by atoms with Crippen LogP contribution < -0.4 is 10.6 Å². The lowest BCUT2D eigenvalue weighted by atomic mass is 9.74. The minimum absolute atomic E-state index is 0.105. The first-order valence-electron chi connectivity index (χ1n) is 14.9. The SMILES string of the molecule is CSc1cccc(NC(=O)C2C3C=CC4(O3)C2C(=O)N(C(C)CCc2ccccc2)C4C(=O)NC2CCCCC2)c1. The molecule has 4 aliphatic rings. The first-order chi connectivity index (χ1) is 19.9. The van der Waals surface area contributed by atoms with Crippen LogP contribution in [0.2, 0.25) is 0 Å². The third-order valence-corrected chi connectivity index (χ3v) is 10.0. The van der Waals surface area contributed by atoms with Gasteiger partial charge in [0.05, 0.1) is 17.9 Å². The highest BCUT2D eigenvalue weighted by Gasteiger charge is 2.73. The van der Waals surface area contributed by atoms with E-state index < -0.39 is 29.6 Å². The van der Waals surface area contributed by atoms with Gasteiger partial charge in [0.25, 0.3) is 0 Å². The van der Waals surface area contributed by atoms with Gasteiger partial charge in [-0.3, -0.25) is 14.4 Å². The summed E-state index contributed by atoms with van der Waals surface area (Å²) in [4.78, 5) is 45.0. The number of carbonyl (C=O) groups excluding carboxylic acids is 3. The van der Waals surface area contributed by atoms with Gasteiger partial charge < -0.3 is 20.3 Å². The number of hydrogen-bond acceptors (Lipinski definition) is 5. The van der Waals surface area contributed by atoms with E-state index in [9.17, 15) is 14.4 Å². The molecule has 1 saturated carbocycles. The number of ether oxygens (including phenoxy) is 1. The van der Waals surface area contributed by atoms with Gasteiger partial charge >= 0.3 is 0 Å². The number of thioether (sulfide) groups is 1. The van der Waals surface area contributed by atoms with E-state index in [1.807, 2.05) is 67.8 Å². The lowest BCUT2D eigenvalue weighted by Crippen LogP contribution is -2.58. The third kappa shape index (κ3) is 5.21. The van der Waals surface area contributed by atoms with Crippen molar-refractivity contribution in [3.8, 4) is 0 Å². The van der Waals surface area contributed by atoms with Crippen LogP contribution in [-0.4, -0.2) is 58.7 Å². The second-order valence-corrected chi connectivity index (χ2v) is 12.8. The number of benzene rings is 2. The molecule has 6 rings (SSSR count). The van der Waals surface area contributed by atoms with E-state index in [1.54, 1.807) is 16.7 Å². The molecule has 6 unspecified atom stereocenters. The lowest BCUT2D eigenvalue weighted by molar-refractivity contribution is -0.143. The number of amides is 3. The summed E-state index contributed by atoms with van der Waals surface area (Å²) in [7, 11) is 0. The third-order valence-electron chi connectivity index (χ3n) is 9.32. The molecule has 216 valence electrons. The van der Waals surface area contributed by atoms with E-state index in [0.29, 0.717) is 12.1 Å². The standard InChI is InChI=1S/C33H39N3O4S/c1-21(16-17-22-10-5-3-6-11-22)36-29(31(38)34-23-12-7-4-8-13-23)33-19-18-26(40-33)27(28(33)32(36)39)30(37)35-24-14-9-15-25(20-24)41-2/h3,5-6,9-11,14-15,18-21,23,26-29H,4,7-8,12-13,16-17H2,1-2H3,(H,34,38)(H,35,37). The first-order valence-corrected chi connectivity index (χ1v) is 16.1. The fourth-order valence-electron chi connectivity index (χ4n) is 7.29. The summed E-state index contributed by atoms with van der Waals surface area (Å²) < 4.78 is 6.54. The number of anilines is 1. The van der Waals surface area contributed by atoms with Crippen LogP contribution in [-0.2, 0) is 25.5 Å². The fourth-order valence-corrected chi connectivity index (χ4v) is 7.75. The number of fused-ring (bicyclic) bond motifs is 1. The van der Waals surface area contributed by atoms with Crippen molar-refractivity contribution in [1.82, 2.24) is 10.2 Å². The van der Waals surface area contributed by atoms with Crippen molar-refractivity contribution < 1.29 is 19.1 Å². The quantitative estimate of drug-likeness (QED) is 0.327. The molecule has 0 aromatic heterocycles. The molecule has 1 spiro atoms. The van der Waals surface area contributed by atoms with E-state index in [2.05, 4.69) is 22.8 Å². The van der Waals surface area contributed by atoms with Crippen molar-refractivity contribution in [3.05, 3.63) is 72.3 Å².